The summed E-state index contributed by atoms with van der Waals surface area (Å²) < 4.78 is 26.3. The average Bonchev–Trinajstić information content (AvgIpc) is 2.81. The van der Waals surface area contributed by atoms with Gasteiger partial charge in [-0.2, -0.15) is 4.89 Å². The number of hydrogen-bond donors (Lipinski definition) is 3. The highest BCUT2D eigenvalue weighted by Gasteiger charge is 2.70. The van der Waals surface area contributed by atoms with Crippen LogP contribution < -0.4 is 0 Å². The van der Waals surface area contributed by atoms with E-state index < -0.39 is 37.0 Å². The van der Waals surface area contributed by atoms with Crippen LogP contribution in [0.2, 0.25) is 0 Å². The zero-order valence-electron chi connectivity index (χ0n) is 18.8. The number of aliphatic carboxylic acids is 1. The fourth-order valence-electron chi connectivity index (χ4n) is 3.77. The normalized spacial score (nSPS) is 15.6. The summed E-state index contributed by atoms with van der Waals surface area (Å²) in [5.74, 6) is -2.34. The van der Waals surface area contributed by atoms with Crippen molar-refractivity contribution in [1.82, 2.24) is 4.98 Å². The Labute approximate surface area is 198 Å². The van der Waals surface area contributed by atoms with Gasteiger partial charge in [-0.25, -0.2) is 14.2 Å². The minimum atomic E-state index is -3.50. The van der Waals surface area contributed by atoms with Crippen molar-refractivity contribution in [1.29, 1.82) is 0 Å². The molecule has 0 spiro atoms. The number of pyridine rings is 1. The number of halogens is 1. The number of carbonyl (C=O) groups is 1. The smallest absolute Gasteiger partial charge is 0.477 e. The van der Waals surface area contributed by atoms with Crippen LogP contribution in [0.4, 0.5) is 4.39 Å². The Hall–Kier alpha value is -3.25. The standard InChI is InChI=1S/C26H25FNO5P/c1-18(2)15-16-26(24(29)30,34(32)33)25(31,17-19-11-13-21(27)14-12-19)23-10-6-9-22(28-23)20-7-4-3-5-8-20/h3-16,18,31H,17H2,1-2H3,(H-,29,30,32,33)/p+1. The van der Waals surface area contributed by atoms with Crippen molar-refractivity contribution in [3.05, 3.63) is 102 Å². The molecule has 0 saturated carbocycles. The summed E-state index contributed by atoms with van der Waals surface area (Å²) in [6.45, 7) is 3.56. The first-order valence-corrected chi connectivity index (χ1v) is 11.9. The van der Waals surface area contributed by atoms with E-state index in [4.69, 9.17) is 0 Å². The van der Waals surface area contributed by atoms with Gasteiger partial charge in [-0.05, 0) is 46.4 Å². The second kappa shape index (κ2) is 10.3. The van der Waals surface area contributed by atoms with E-state index in [9.17, 15) is 28.9 Å². The predicted octanol–water partition coefficient (Wildman–Crippen LogP) is 5.09. The molecule has 3 rings (SSSR count). The molecule has 3 aromatic rings. The molecule has 0 amide bonds. The van der Waals surface area contributed by atoms with E-state index in [0.29, 0.717) is 11.3 Å². The molecule has 0 aliphatic rings. The Morgan fingerprint density at radius 3 is 2.26 bits per heavy atom. The quantitative estimate of drug-likeness (QED) is 0.290. The second-order valence-corrected chi connectivity index (χ2v) is 9.64. The maximum absolute atomic E-state index is 13.5. The fraction of sp³-hybridized carbons (Fsp3) is 0.231. The van der Waals surface area contributed by atoms with Crippen LogP contribution in [0.25, 0.3) is 11.3 Å². The molecule has 0 bridgehead atoms. The van der Waals surface area contributed by atoms with Gasteiger partial charge in [-0.3, -0.25) is 0 Å². The zero-order chi connectivity index (χ0) is 24.9. The van der Waals surface area contributed by atoms with Crippen molar-refractivity contribution in [2.45, 2.75) is 31.0 Å². The lowest BCUT2D eigenvalue weighted by atomic mass is 9.77. The van der Waals surface area contributed by atoms with E-state index in [1.807, 2.05) is 18.2 Å². The van der Waals surface area contributed by atoms with Gasteiger partial charge in [-0.1, -0.05) is 68.5 Å². The first-order valence-electron chi connectivity index (χ1n) is 10.7. The van der Waals surface area contributed by atoms with E-state index in [-0.39, 0.29) is 11.6 Å². The molecule has 0 saturated heterocycles. The molecule has 0 aliphatic heterocycles. The first-order chi connectivity index (χ1) is 16.1. The lowest BCUT2D eigenvalue weighted by Gasteiger charge is -2.34. The molecule has 34 heavy (non-hydrogen) atoms. The van der Waals surface area contributed by atoms with Crippen LogP contribution in [-0.2, 0) is 21.4 Å². The average molecular weight is 482 g/mol. The summed E-state index contributed by atoms with van der Waals surface area (Å²) in [5, 5.41) is 19.8. The van der Waals surface area contributed by atoms with Crippen LogP contribution in [0, 0.1) is 11.7 Å². The Bertz CT molecular complexity index is 1180. The molecule has 3 N–H and O–H groups in total. The number of hydrogen-bond acceptors (Lipinski definition) is 4. The molecule has 2 aromatic carbocycles. The molecule has 176 valence electrons. The third-order valence-electron chi connectivity index (χ3n) is 5.60. The molecule has 1 aromatic heterocycles. The maximum Gasteiger partial charge on any atom is 0.531 e. The van der Waals surface area contributed by atoms with E-state index in [0.717, 1.165) is 11.6 Å². The van der Waals surface area contributed by atoms with Gasteiger partial charge in [0.15, 0.2) is 5.60 Å². The minimum Gasteiger partial charge on any atom is -0.477 e. The van der Waals surface area contributed by atoms with Crippen molar-refractivity contribution in [3.63, 3.8) is 0 Å². The molecule has 3 unspecified atom stereocenters. The lowest BCUT2D eigenvalue weighted by Crippen LogP contribution is -2.55. The van der Waals surface area contributed by atoms with Gasteiger partial charge < -0.3 is 10.2 Å². The van der Waals surface area contributed by atoms with Crippen molar-refractivity contribution < 1.29 is 28.9 Å². The number of aliphatic hydroxyl groups is 1. The fourth-order valence-corrected chi connectivity index (χ4v) is 4.66. The van der Waals surface area contributed by atoms with E-state index >= 15 is 0 Å². The third kappa shape index (κ3) is 4.97. The third-order valence-corrected chi connectivity index (χ3v) is 6.91. The van der Waals surface area contributed by atoms with Crippen LogP contribution in [-0.4, -0.2) is 31.2 Å². The van der Waals surface area contributed by atoms with E-state index in [2.05, 4.69) is 4.98 Å². The summed E-state index contributed by atoms with van der Waals surface area (Å²) >= 11 is 0. The SMILES string of the molecule is CC(C)C=CC(C(=O)O)([P+](=O)O)C(O)(Cc1ccc(F)cc1)c1cccc(-c2ccccc2)n1. The maximum atomic E-state index is 13.5. The van der Waals surface area contributed by atoms with Crippen molar-refractivity contribution in [3.8, 4) is 11.3 Å². The van der Waals surface area contributed by atoms with Crippen molar-refractivity contribution >= 4 is 14.0 Å². The van der Waals surface area contributed by atoms with Crippen molar-refractivity contribution in [2.24, 2.45) is 5.92 Å². The Balaban J connectivity index is 2.30. The van der Waals surface area contributed by atoms with Crippen LogP contribution in [0.5, 0.6) is 0 Å². The summed E-state index contributed by atoms with van der Waals surface area (Å²) in [7, 11) is -3.50. The Kier molecular flexibility index (Phi) is 7.72. The molecule has 0 aliphatic carbocycles. The van der Waals surface area contributed by atoms with Gasteiger partial charge in [0.25, 0.3) is 0 Å². The highest BCUT2D eigenvalue weighted by molar-refractivity contribution is 7.42. The number of nitrogens with zero attached hydrogens (tertiary/aromatic N) is 1. The molecule has 6 nitrogen and oxygen atoms in total. The van der Waals surface area contributed by atoms with Gasteiger partial charge in [0.05, 0.1) is 11.4 Å². The Morgan fingerprint density at radius 2 is 1.71 bits per heavy atom. The number of carboxylic acids is 1. The Morgan fingerprint density at radius 1 is 1.06 bits per heavy atom. The highest BCUT2D eigenvalue weighted by atomic mass is 31.1. The van der Waals surface area contributed by atoms with Crippen molar-refractivity contribution in [2.75, 3.05) is 0 Å². The molecular formula is C26H26FNO5P+. The topological polar surface area (TPSA) is 108 Å². The number of aromatic nitrogens is 1. The number of benzene rings is 2. The summed E-state index contributed by atoms with van der Waals surface area (Å²) in [6, 6.07) is 18.9. The number of rotatable bonds is 9. The van der Waals surface area contributed by atoms with Gasteiger partial charge in [0, 0.05) is 12.0 Å². The number of carboxylic acid groups (broad SMARTS) is 1. The summed E-state index contributed by atoms with van der Waals surface area (Å²) in [5.41, 5.74) is -0.992. The predicted molar refractivity (Wildman–Crippen MR) is 128 cm³/mol. The van der Waals surface area contributed by atoms with Gasteiger partial charge >= 0.3 is 19.2 Å². The highest BCUT2D eigenvalue weighted by Crippen LogP contribution is 2.52. The van der Waals surface area contributed by atoms with Gasteiger partial charge in [-0.15, -0.1) is 0 Å². The molecule has 0 fully saturated rings. The van der Waals surface area contributed by atoms with Crippen LogP contribution in [0.3, 0.4) is 0 Å². The monoisotopic (exact) mass is 482 g/mol. The van der Waals surface area contributed by atoms with Gasteiger partial charge in [0.2, 0.25) is 0 Å². The van der Waals surface area contributed by atoms with Crippen LogP contribution >= 0.6 is 8.03 Å². The van der Waals surface area contributed by atoms with E-state index in [1.54, 1.807) is 38.1 Å². The molecule has 3 atom stereocenters. The molecule has 8 heteroatoms. The molecular weight excluding hydrogens is 456 g/mol. The number of allylic oxidation sites excluding steroid dienone is 1. The largest absolute Gasteiger partial charge is 0.531 e. The summed E-state index contributed by atoms with van der Waals surface area (Å²) in [6.07, 6.45) is 2.16. The van der Waals surface area contributed by atoms with Crippen LogP contribution in [0.1, 0.15) is 25.1 Å². The first kappa shape index (κ1) is 25.4. The summed E-state index contributed by atoms with van der Waals surface area (Å²) in [4.78, 5) is 27.6. The van der Waals surface area contributed by atoms with Crippen LogP contribution in [0.15, 0.2) is 84.9 Å². The zero-order valence-corrected chi connectivity index (χ0v) is 19.7. The van der Waals surface area contributed by atoms with Gasteiger partial charge in [0.1, 0.15) is 5.82 Å². The molecule has 0 radical (unpaired) electrons. The lowest BCUT2D eigenvalue weighted by molar-refractivity contribution is -0.147. The van der Waals surface area contributed by atoms with E-state index in [1.165, 1.54) is 36.4 Å². The minimum absolute atomic E-state index is 0.0913. The molecule has 1 heterocycles. The second-order valence-electron chi connectivity index (χ2n) is 8.39.